The lowest BCUT2D eigenvalue weighted by Gasteiger charge is -2.23. The lowest BCUT2D eigenvalue weighted by molar-refractivity contribution is 0.0526. The maximum absolute atomic E-state index is 14.1. The van der Waals surface area contributed by atoms with Gasteiger partial charge in [0.1, 0.15) is 5.82 Å². The Morgan fingerprint density at radius 1 is 1.06 bits per heavy atom. The average Bonchev–Trinajstić information content (AvgIpc) is 2.79. The molecule has 34 heavy (non-hydrogen) atoms. The molecule has 0 aliphatic carbocycles. The molecule has 0 aliphatic heterocycles. The summed E-state index contributed by atoms with van der Waals surface area (Å²) in [6, 6.07) is 16.1. The summed E-state index contributed by atoms with van der Waals surface area (Å²) in [6.07, 6.45) is 1.02. The monoisotopic (exact) mass is 504 g/mol. The van der Waals surface area contributed by atoms with E-state index in [4.69, 9.17) is 16.3 Å². The molecule has 3 aromatic carbocycles. The van der Waals surface area contributed by atoms with Crippen LogP contribution in [0.5, 0.6) is 0 Å². The predicted octanol–water partition coefficient (Wildman–Crippen LogP) is 4.87. The molecule has 178 valence electrons. The molecule has 3 rings (SSSR count). The van der Waals surface area contributed by atoms with Crippen LogP contribution in [0.4, 0.5) is 15.8 Å². The van der Waals surface area contributed by atoms with Crippen molar-refractivity contribution in [2.75, 3.05) is 22.5 Å². The van der Waals surface area contributed by atoms with Gasteiger partial charge in [0, 0.05) is 16.8 Å². The first-order valence-corrected chi connectivity index (χ1v) is 12.4. The van der Waals surface area contributed by atoms with Crippen LogP contribution in [-0.2, 0) is 21.3 Å². The molecule has 10 heteroatoms. The fourth-order valence-corrected chi connectivity index (χ4v) is 4.20. The summed E-state index contributed by atoms with van der Waals surface area (Å²) in [7, 11) is -3.73. The third-order valence-electron chi connectivity index (χ3n) is 4.81. The summed E-state index contributed by atoms with van der Waals surface area (Å²) >= 11 is 6.04. The summed E-state index contributed by atoms with van der Waals surface area (Å²) in [5.41, 5.74) is 1.19. The van der Waals surface area contributed by atoms with Crippen molar-refractivity contribution < 1.29 is 27.1 Å². The first-order chi connectivity index (χ1) is 16.1. The van der Waals surface area contributed by atoms with Gasteiger partial charge in [0.25, 0.3) is 5.91 Å². The van der Waals surface area contributed by atoms with E-state index in [2.05, 4.69) is 5.32 Å². The van der Waals surface area contributed by atoms with Crippen LogP contribution in [-0.4, -0.2) is 33.2 Å². The number of sulfonamides is 1. The highest BCUT2D eigenvalue weighted by atomic mass is 35.5. The predicted molar refractivity (Wildman–Crippen MR) is 129 cm³/mol. The van der Waals surface area contributed by atoms with E-state index in [1.54, 1.807) is 13.0 Å². The minimum atomic E-state index is -3.73. The molecule has 0 heterocycles. The minimum absolute atomic E-state index is 0.119. The summed E-state index contributed by atoms with van der Waals surface area (Å²) in [4.78, 5) is 24.7. The van der Waals surface area contributed by atoms with Crippen LogP contribution in [0.25, 0.3) is 0 Å². The molecule has 0 unspecified atom stereocenters. The van der Waals surface area contributed by atoms with E-state index in [9.17, 15) is 22.4 Å². The highest BCUT2D eigenvalue weighted by Crippen LogP contribution is 2.24. The maximum atomic E-state index is 14.1. The molecule has 0 aromatic heterocycles. The van der Waals surface area contributed by atoms with Gasteiger partial charge in [-0.3, -0.25) is 9.10 Å². The number of nitrogens with one attached hydrogen (secondary N) is 1. The van der Waals surface area contributed by atoms with Crippen LogP contribution in [0.3, 0.4) is 0 Å². The van der Waals surface area contributed by atoms with Gasteiger partial charge in [-0.25, -0.2) is 17.6 Å². The van der Waals surface area contributed by atoms with Crippen molar-refractivity contribution in [3.63, 3.8) is 0 Å². The molecule has 1 amide bonds. The van der Waals surface area contributed by atoms with Crippen molar-refractivity contribution >= 4 is 44.9 Å². The summed E-state index contributed by atoms with van der Waals surface area (Å²) in [5, 5.41) is 2.85. The third kappa shape index (κ3) is 6.12. The Balaban J connectivity index is 1.80. The standard InChI is InChI=1S/C24H22ClFN2O5S/c1-3-33-24(30)20-14-18(10-13-21(20)25)27-23(29)16-8-11-19(12-9-16)28(34(2,31)32)15-17-6-4-5-7-22(17)26/h4-14H,3,15H2,1-2H3,(H,27,29). The van der Waals surface area contributed by atoms with Gasteiger partial charge in [0.2, 0.25) is 10.0 Å². The van der Waals surface area contributed by atoms with Gasteiger partial charge in [-0.15, -0.1) is 0 Å². The lowest BCUT2D eigenvalue weighted by atomic mass is 10.1. The molecule has 0 spiro atoms. The van der Waals surface area contributed by atoms with E-state index < -0.39 is 27.7 Å². The Morgan fingerprint density at radius 2 is 1.74 bits per heavy atom. The Bertz CT molecular complexity index is 1310. The lowest BCUT2D eigenvalue weighted by Crippen LogP contribution is -2.29. The Kier molecular flexibility index (Phi) is 7.90. The molecule has 3 aromatic rings. The van der Waals surface area contributed by atoms with Crippen molar-refractivity contribution in [1.82, 2.24) is 0 Å². The van der Waals surface area contributed by atoms with Crippen molar-refractivity contribution in [2.24, 2.45) is 0 Å². The van der Waals surface area contributed by atoms with Gasteiger partial charge in [-0.05, 0) is 55.5 Å². The normalized spacial score (nSPS) is 11.1. The number of rotatable bonds is 8. The number of ether oxygens (including phenoxy) is 1. The molecule has 0 bridgehead atoms. The topological polar surface area (TPSA) is 92.8 Å². The van der Waals surface area contributed by atoms with Crippen LogP contribution in [0.2, 0.25) is 5.02 Å². The molecule has 0 saturated carbocycles. The van der Waals surface area contributed by atoms with E-state index in [1.165, 1.54) is 60.7 Å². The Hall–Kier alpha value is -3.43. The molecule has 7 nitrogen and oxygen atoms in total. The Labute approximate surface area is 202 Å². The molecular formula is C24H22ClFN2O5S. The van der Waals surface area contributed by atoms with Crippen molar-refractivity contribution in [3.05, 3.63) is 94.3 Å². The van der Waals surface area contributed by atoms with Crippen molar-refractivity contribution in [3.8, 4) is 0 Å². The van der Waals surface area contributed by atoms with Crippen LogP contribution in [0, 0.1) is 5.82 Å². The second kappa shape index (κ2) is 10.7. The number of halogens is 2. The number of amides is 1. The van der Waals surface area contributed by atoms with Gasteiger partial charge in [-0.2, -0.15) is 0 Å². The van der Waals surface area contributed by atoms with Crippen LogP contribution >= 0.6 is 11.6 Å². The van der Waals surface area contributed by atoms with E-state index in [-0.39, 0.29) is 40.6 Å². The number of hydrogen-bond acceptors (Lipinski definition) is 5. The third-order valence-corrected chi connectivity index (χ3v) is 6.28. The van der Waals surface area contributed by atoms with E-state index in [1.807, 2.05) is 0 Å². The zero-order valence-corrected chi connectivity index (χ0v) is 20.0. The van der Waals surface area contributed by atoms with Gasteiger partial charge in [0.15, 0.2) is 0 Å². The van der Waals surface area contributed by atoms with E-state index in [0.717, 1.165) is 10.6 Å². The van der Waals surface area contributed by atoms with E-state index in [0.29, 0.717) is 5.69 Å². The Morgan fingerprint density at radius 3 is 2.35 bits per heavy atom. The average molecular weight is 505 g/mol. The molecule has 0 fully saturated rings. The smallest absolute Gasteiger partial charge is 0.339 e. The van der Waals surface area contributed by atoms with Crippen LogP contribution < -0.4 is 9.62 Å². The maximum Gasteiger partial charge on any atom is 0.339 e. The highest BCUT2D eigenvalue weighted by Gasteiger charge is 2.20. The first kappa shape index (κ1) is 25.2. The number of anilines is 2. The number of hydrogen-bond donors (Lipinski definition) is 1. The minimum Gasteiger partial charge on any atom is -0.462 e. The SMILES string of the molecule is CCOC(=O)c1cc(NC(=O)c2ccc(N(Cc3ccccc3F)S(C)(=O)=O)cc2)ccc1Cl. The van der Waals surface area contributed by atoms with Gasteiger partial charge >= 0.3 is 5.97 Å². The second-order valence-electron chi connectivity index (χ2n) is 7.28. The zero-order valence-electron chi connectivity index (χ0n) is 18.4. The summed E-state index contributed by atoms with van der Waals surface area (Å²) in [5.74, 6) is -1.61. The highest BCUT2D eigenvalue weighted by molar-refractivity contribution is 7.92. The number of benzene rings is 3. The number of esters is 1. The fraction of sp³-hybridized carbons (Fsp3) is 0.167. The van der Waals surface area contributed by atoms with Gasteiger partial charge in [0.05, 0.1) is 35.7 Å². The summed E-state index contributed by atoms with van der Waals surface area (Å²) in [6.45, 7) is 1.65. The largest absolute Gasteiger partial charge is 0.462 e. The first-order valence-electron chi connectivity index (χ1n) is 10.2. The molecule has 0 aliphatic rings. The molecular weight excluding hydrogens is 483 g/mol. The zero-order chi connectivity index (χ0) is 24.9. The number of carbonyl (C=O) groups excluding carboxylic acids is 2. The van der Waals surface area contributed by atoms with Crippen LogP contribution in [0.15, 0.2) is 66.7 Å². The number of nitrogens with zero attached hydrogens (tertiary/aromatic N) is 1. The quantitative estimate of drug-likeness (QED) is 0.442. The van der Waals surface area contributed by atoms with Crippen LogP contribution in [0.1, 0.15) is 33.2 Å². The molecule has 0 saturated heterocycles. The van der Waals surface area contributed by atoms with Crippen molar-refractivity contribution in [1.29, 1.82) is 0 Å². The second-order valence-corrected chi connectivity index (χ2v) is 9.59. The van der Waals surface area contributed by atoms with E-state index >= 15 is 0 Å². The van der Waals surface area contributed by atoms with Crippen molar-refractivity contribution in [2.45, 2.75) is 13.5 Å². The van der Waals surface area contributed by atoms with Gasteiger partial charge in [-0.1, -0.05) is 29.8 Å². The fourth-order valence-electron chi connectivity index (χ4n) is 3.13. The summed E-state index contributed by atoms with van der Waals surface area (Å²) < 4.78 is 44.8. The molecule has 1 N–H and O–H groups in total. The number of carbonyl (C=O) groups is 2. The molecule has 0 atom stereocenters. The molecule has 0 radical (unpaired) electrons. The van der Waals surface area contributed by atoms with Gasteiger partial charge < -0.3 is 10.1 Å².